The third kappa shape index (κ3) is 4.15. The van der Waals surface area contributed by atoms with Crippen molar-refractivity contribution in [1.82, 2.24) is 10.3 Å². The molecule has 1 heterocycles. The van der Waals surface area contributed by atoms with Crippen LogP contribution in [0.25, 0.3) is 0 Å². The lowest BCUT2D eigenvalue weighted by atomic mass is 9.98. The zero-order valence-electron chi connectivity index (χ0n) is 14.4. The second-order valence-corrected chi connectivity index (χ2v) is 7.60. The van der Waals surface area contributed by atoms with Gasteiger partial charge in [-0.2, -0.15) is 0 Å². The number of rotatable bonds is 7. The molecule has 1 unspecified atom stereocenters. The van der Waals surface area contributed by atoms with Crippen LogP contribution in [0.1, 0.15) is 41.9 Å². The van der Waals surface area contributed by atoms with Gasteiger partial charge in [0.05, 0.1) is 5.54 Å². The Labute approximate surface area is 147 Å². The lowest BCUT2D eigenvalue weighted by molar-refractivity contribution is 0.0961. The quantitative estimate of drug-likeness (QED) is 0.805. The number of ether oxygens (including phenoxy) is 1. The van der Waals surface area contributed by atoms with Crippen molar-refractivity contribution in [2.24, 2.45) is 0 Å². The molecule has 0 radical (unpaired) electrons. The highest BCUT2D eigenvalue weighted by atomic mass is 32.1. The number of hydrogen-bond acceptors (Lipinski definition) is 5. The van der Waals surface area contributed by atoms with Gasteiger partial charge < -0.3 is 15.2 Å². The number of nitrogens with one attached hydrogen (secondary N) is 1. The largest absolute Gasteiger partial charge is 0.491 e. The van der Waals surface area contributed by atoms with Gasteiger partial charge in [-0.1, -0.05) is 25.0 Å². The summed E-state index contributed by atoms with van der Waals surface area (Å²) in [5.74, 6) is 0.806. The van der Waals surface area contributed by atoms with Crippen LogP contribution in [0.4, 0.5) is 0 Å². The van der Waals surface area contributed by atoms with E-state index in [1.807, 2.05) is 38.1 Å². The van der Waals surface area contributed by atoms with Crippen molar-refractivity contribution in [2.75, 3.05) is 13.2 Å². The van der Waals surface area contributed by atoms with Gasteiger partial charge in [0.15, 0.2) is 0 Å². The Morgan fingerprint density at radius 2 is 2.12 bits per heavy atom. The Balaban J connectivity index is 1.55. The SMILES string of the molecule is Cc1cccc(OCC(O)CNC2(c3nc(C)cs3)CCCC2)c1. The molecular weight excluding hydrogens is 320 g/mol. The predicted molar refractivity (Wildman–Crippen MR) is 97.7 cm³/mol. The molecule has 1 aliphatic rings. The monoisotopic (exact) mass is 346 g/mol. The zero-order chi connectivity index (χ0) is 17.0. The summed E-state index contributed by atoms with van der Waals surface area (Å²) in [4.78, 5) is 4.69. The van der Waals surface area contributed by atoms with E-state index in [0.717, 1.165) is 34.9 Å². The summed E-state index contributed by atoms with van der Waals surface area (Å²) in [6.45, 7) is 4.88. The van der Waals surface area contributed by atoms with Gasteiger partial charge in [0.2, 0.25) is 0 Å². The highest BCUT2D eigenvalue weighted by Gasteiger charge is 2.38. The minimum atomic E-state index is -0.538. The van der Waals surface area contributed by atoms with E-state index >= 15 is 0 Å². The second-order valence-electron chi connectivity index (χ2n) is 6.75. The number of nitrogens with zero attached hydrogens (tertiary/aromatic N) is 1. The van der Waals surface area contributed by atoms with Crippen molar-refractivity contribution in [1.29, 1.82) is 0 Å². The molecule has 1 aliphatic carbocycles. The predicted octanol–water partition coefficient (Wildman–Crippen LogP) is 3.56. The van der Waals surface area contributed by atoms with Crippen molar-refractivity contribution in [3.8, 4) is 5.75 Å². The van der Waals surface area contributed by atoms with Gasteiger partial charge in [-0.05, 0) is 44.4 Å². The number of hydrogen-bond donors (Lipinski definition) is 2. The van der Waals surface area contributed by atoms with Crippen LogP contribution >= 0.6 is 11.3 Å². The van der Waals surface area contributed by atoms with Crippen LogP contribution in [0.3, 0.4) is 0 Å². The van der Waals surface area contributed by atoms with Crippen molar-refractivity contribution < 1.29 is 9.84 Å². The van der Waals surface area contributed by atoms with E-state index in [1.165, 1.54) is 12.8 Å². The Morgan fingerprint density at radius 1 is 1.33 bits per heavy atom. The van der Waals surface area contributed by atoms with Gasteiger partial charge in [-0.15, -0.1) is 11.3 Å². The first-order valence-corrected chi connectivity index (χ1v) is 9.50. The molecule has 2 N–H and O–H groups in total. The lowest BCUT2D eigenvalue weighted by Gasteiger charge is -2.29. The Hall–Kier alpha value is -1.43. The van der Waals surface area contributed by atoms with Crippen LogP contribution < -0.4 is 10.1 Å². The molecule has 0 saturated heterocycles. The fraction of sp³-hybridized carbons (Fsp3) is 0.526. The third-order valence-corrected chi connectivity index (χ3v) is 5.76. The molecule has 1 aromatic carbocycles. The summed E-state index contributed by atoms with van der Waals surface area (Å²) in [6, 6.07) is 7.90. The molecule has 1 atom stereocenters. The van der Waals surface area contributed by atoms with Crippen LogP contribution in [-0.2, 0) is 5.54 Å². The molecular formula is C19H26N2O2S. The maximum atomic E-state index is 10.3. The molecule has 0 aliphatic heterocycles. The molecule has 1 aromatic heterocycles. The van der Waals surface area contributed by atoms with E-state index in [4.69, 9.17) is 4.74 Å². The summed E-state index contributed by atoms with van der Waals surface area (Å²) >= 11 is 1.72. The first-order chi connectivity index (χ1) is 11.6. The van der Waals surface area contributed by atoms with E-state index < -0.39 is 6.10 Å². The first-order valence-electron chi connectivity index (χ1n) is 8.63. The summed E-state index contributed by atoms with van der Waals surface area (Å²) < 4.78 is 5.70. The molecule has 5 heteroatoms. The van der Waals surface area contributed by atoms with Gasteiger partial charge in [0.25, 0.3) is 0 Å². The van der Waals surface area contributed by atoms with E-state index in [1.54, 1.807) is 11.3 Å². The number of aliphatic hydroxyl groups excluding tert-OH is 1. The zero-order valence-corrected chi connectivity index (χ0v) is 15.2. The lowest BCUT2D eigenvalue weighted by Crippen LogP contribution is -2.45. The van der Waals surface area contributed by atoms with Crippen molar-refractivity contribution >= 4 is 11.3 Å². The fourth-order valence-electron chi connectivity index (χ4n) is 3.29. The van der Waals surface area contributed by atoms with E-state index in [-0.39, 0.29) is 5.54 Å². The van der Waals surface area contributed by atoms with Gasteiger partial charge in [0, 0.05) is 17.6 Å². The van der Waals surface area contributed by atoms with Crippen molar-refractivity contribution in [3.63, 3.8) is 0 Å². The Bertz CT molecular complexity index is 665. The average molecular weight is 346 g/mol. The summed E-state index contributed by atoms with van der Waals surface area (Å²) in [5.41, 5.74) is 2.17. The molecule has 2 aromatic rings. The summed E-state index contributed by atoms with van der Waals surface area (Å²) in [5, 5.41) is 17.2. The number of aryl methyl sites for hydroxylation is 2. The molecule has 1 saturated carbocycles. The van der Waals surface area contributed by atoms with Gasteiger partial charge in [-0.25, -0.2) is 4.98 Å². The van der Waals surface area contributed by atoms with Crippen molar-refractivity contribution in [3.05, 3.63) is 45.9 Å². The fourth-order valence-corrected chi connectivity index (χ4v) is 4.32. The molecule has 24 heavy (non-hydrogen) atoms. The number of thiazole rings is 1. The van der Waals surface area contributed by atoms with Crippen LogP contribution in [0, 0.1) is 13.8 Å². The molecule has 130 valence electrons. The van der Waals surface area contributed by atoms with Crippen LogP contribution in [0.15, 0.2) is 29.6 Å². The number of aromatic nitrogens is 1. The second kappa shape index (κ2) is 7.64. The number of benzene rings is 1. The number of aliphatic hydroxyl groups is 1. The van der Waals surface area contributed by atoms with Crippen LogP contribution in [-0.4, -0.2) is 29.3 Å². The highest BCUT2D eigenvalue weighted by molar-refractivity contribution is 7.09. The smallest absolute Gasteiger partial charge is 0.119 e. The average Bonchev–Trinajstić information content (AvgIpc) is 3.21. The molecule has 0 spiro atoms. The summed E-state index contributed by atoms with van der Waals surface area (Å²) in [6.07, 6.45) is 4.06. The van der Waals surface area contributed by atoms with Gasteiger partial charge in [0.1, 0.15) is 23.5 Å². The molecule has 0 amide bonds. The molecule has 1 fully saturated rings. The highest BCUT2D eigenvalue weighted by Crippen LogP contribution is 2.40. The molecule has 3 rings (SSSR count). The topological polar surface area (TPSA) is 54.4 Å². The normalized spacial score (nSPS) is 17.8. The molecule has 4 nitrogen and oxygen atoms in total. The minimum Gasteiger partial charge on any atom is -0.491 e. The third-order valence-electron chi connectivity index (χ3n) is 4.59. The van der Waals surface area contributed by atoms with E-state index in [2.05, 4.69) is 15.7 Å². The van der Waals surface area contributed by atoms with Crippen molar-refractivity contribution in [2.45, 2.75) is 51.2 Å². The van der Waals surface area contributed by atoms with E-state index in [9.17, 15) is 5.11 Å². The van der Waals surface area contributed by atoms with Gasteiger partial charge in [-0.3, -0.25) is 0 Å². The standard InChI is InChI=1S/C19H26N2O2S/c1-14-6-5-7-17(10-14)23-12-16(22)11-20-19(8-3-4-9-19)18-21-15(2)13-24-18/h5-7,10,13,16,20,22H,3-4,8-9,11-12H2,1-2H3. The molecule has 0 bridgehead atoms. The van der Waals surface area contributed by atoms with Crippen LogP contribution in [0.2, 0.25) is 0 Å². The van der Waals surface area contributed by atoms with E-state index in [0.29, 0.717) is 13.2 Å². The minimum absolute atomic E-state index is 0.0662. The maximum absolute atomic E-state index is 10.3. The maximum Gasteiger partial charge on any atom is 0.119 e. The Morgan fingerprint density at radius 3 is 2.79 bits per heavy atom. The Kier molecular flexibility index (Phi) is 5.54. The summed E-state index contributed by atoms with van der Waals surface area (Å²) in [7, 11) is 0. The first kappa shape index (κ1) is 17.4. The van der Waals surface area contributed by atoms with Gasteiger partial charge >= 0.3 is 0 Å². The van der Waals surface area contributed by atoms with Crippen LogP contribution in [0.5, 0.6) is 5.75 Å².